The van der Waals surface area contributed by atoms with Crippen LogP contribution in [0.1, 0.15) is 5.69 Å². The van der Waals surface area contributed by atoms with E-state index < -0.39 is 0 Å². The zero-order chi connectivity index (χ0) is 13.5. The molecule has 2 heterocycles. The Labute approximate surface area is 116 Å². The number of hydrogen-bond acceptors (Lipinski definition) is 2. The predicted molar refractivity (Wildman–Crippen MR) is 81.7 cm³/mol. The maximum atomic E-state index is 6.04. The van der Waals surface area contributed by atoms with Crippen molar-refractivity contribution < 1.29 is 4.42 Å². The molecule has 0 radical (unpaired) electrons. The average molecular weight is 259 g/mol. The maximum Gasteiger partial charge on any atom is 0.144 e. The van der Waals surface area contributed by atoms with Crippen molar-refractivity contribution in [1.82, 2.24) is 4.98 Å². The number of para-hydroxylation sites is 2. The van der Waals surface area contributed by atoms with Crippen LogP contribution in [-0.2, 0) is 0 Å². The van der Waals surface area contributed by atoms with Gasteiger partial charge in [0, 0.05) is 22.0 Å². The molecule has 0 bridgehead atoms. The molecule has 0 unspecified atom stereocenters. The van der Waals surface area contributed by atoms with Crippen LogP contribution in [0.2, 0.25) is 0 Å². The van der Waals surface area contributed by atoms with Gasteiger partial charge in [-0.15, -0.1) is 0 Å². The summed E-state index contributed by atoms with van der Waals surface area (Å²) in [4.78, 5) is 4.60. The van der Waals surface area contributed by atoms with E-state index in [0.29, 0.717) is 0 Å². The molecule has 0 aliphatic rings. The van der Waals surface area contributed by atoms with Gasteiger partial charge in [0.05, 0.1) is 5.69 Å². The summed E-state index contributed by atoms with van der Waals surface area (Å²) in [5.41, 5.74) is 4.84. The SMILES string of the molecule is Cc1cccc(-c2cccc3c2oc2ccccc23)n1. The number of aromatic nitrogens is 1. The van der Waals surface area contributed by atoms with E-state index in [2.05, 4.69) is 29.2 Å². The molecule has 2 aromatic heterocycles. The summed E-state index contributed by atoms with van der Waals surface area (Å²) < 4.78 is 6.04. The predicted octanol–water partition coefficient (Wildman–Crippen LogP) is 4.96. The summed E-state index contributed by atoms with van der Waals surface area (Å²) >= 11 is 0. The van der Waals surface area contributed by atoms with Gasteiger partial charge in [-0.25, -0.2) is 0 Å². The number of fused-ring (bicyclic) bond motifs is 3. The van der Waals surface area contributed by atoms with Gasteiger partial charge in [-0.1, -0.05) is 36.4 Å². The Hall–Kier alpha value is -2.61. The van der Waals surface area contributed by atoms with Crippen molar-refractivity contribution in [3.05, 3.63) is 66.4 Å². The normalized spacial score (nSPS) is 11.2. The van der Waals surface area contributed by atoms with E-state index in [-0.39, 0.29) is 0 Å². The maximum absolute atomic E-state index is 6.04. The fourth-order valence-electron chi connectivity index (χ4n) is 2.64. The lowest BCUT2D eigenvalue weighted by molar-refractivity contribution is 0.670. The first-order chi connectivity index (χ1) is 9.83. The van der Waals surface area contributed by atoms with Crippen LogP contribution in [0.3, 0.4) is 0 Å². The number of aryl methyl sites for hydroxylation is 1. The third-order valence-corrected chi connectivity index (χ3v) is 3.57. The van der Waals surface area contributed by atoms with Crippen LogP contribution in [0.4, 0.5) is 0 Å². The van der Waals surface area contributed by atoms with Crippen molar-refractivity contribution >= 4 is 21.9 Å². The molecule has 2 aromatic carbocycles. The zero-order valence-corrected chi connectivity index (χ0v) is 11.1. The quantitative estimate of drug-likeness (QED) is 0.483. The Bertz CT molecular complexity index is 921. The minimum atomic E-state index is 0.909. The van der Waals surface area contributed by atoms with Gasteiger partial charge in [-0.2, -0.15) is 0 Å². The summed E-state index contributed by atoms with van der Waals surface area (Å²) in [5, 5.41) is 2.29. The van der Waals surface area contributed by atoms with Crippen molar-refractivity contribution in [1.29, 1.82) is 0 Å². The van der Waals surface area contributed by atoms with Gasteiger partial charge in [0.1, 0.15) is 11.2 Å². The van der Waals surface area contributed by atoms with Gasteiger partial charge in [0.2, 0.25) is 0 Å². The lowest BCUT2D eigenvalue weighted by atomic mass is 10.1. The summed E-state index contributed by atoms with van der Waals surface area (Å²) in [6.45, 7) is 2.00. The molecule has 2 nitrogen and oxygen atoms in total. The lowest BCUT2D eigenvalue weighted by Gasteiger charge is -2.02. The van der Waals surface area contributed by atoms with Crippen molar-refractivity contribution in [3.8, 4) is 11.3 Å². The minimum absolute atomic E-state index is 0.909. The van der Waals surface area contributed by atoms with Crippen LogP contribution in [0.25, 0.3) is 33.2 Å². The zero-order valence-electron chi connectivity index (χ0n) is 11.1. The number of nitrogens with zero attached hydrogens (tertiary/aromatic N) is 1. The number of benzene rings is 2. The van der Waals surface area contributed by atoms with E-state index in [9.17, 15) is 0 Å². The van der Waals surface area contributed by atoms with E-state index in [1.54, 1.807) is 0 Å². The summed E-state index contributed by atoms with van der Waals surface area (Å²) in [5.74, 6) is 0. The minimum Gasteiger partial charge on any atom is -0.455 e. The molecule has 0 amide bonds. The third kappa shape index (κ3) is 1.62. The van der Waals surface area contributed by atoms with Gasteiger partial charge in [-0.3, -0.25) is 4.98 Å². The van der Waals surface area contributed by atoms with Crippen LogP contribution in [0.15, 0.2) is 65.1 Å². The molecule has 4 rings (SSSR count). The van der Waals surface area contributed by atoms with Crippen LogP contribution in [0, 0.1) is 6.92 Å². The van der Waals surface area contributed by atoms with Gasteiger partial charge < -0.3 is 4.42 Å². The van der Waals surface area contributed by atoms with Crippen molar-refractivity contribution in [3.63, 3.8) is 0 Å². The molecule has 4 aromatic rings. The van der Waals surface area contributed by atoms with Gasteiger partial charge in [-0.05, 0) is 31.2 Å². The van der Waals surface area contributed by atoms with Crippen LogP contribution < -0.4 is 0 Å². The lowest BCUT2D eigenvalue weighted by Crippen LogP contribution is -1.86. The molecular weight excluding hydrogens is 246 g/mol. The highest BCUT2D eigenvalue weighted by atomic mass is 16.3. The summed E-state index contributed by atoms with van der Waals surface area (Å²) in [6, 6.07) is 20.4. The van der Waals surface area contributed by atoms with Crippen LogP contribution in [-0.4, -0.2) is 4.98 Å². The first kappa shape index (κ1) is 11.2. The second kappa shape index (κ2) is 4.20. The highest BCUT2D eigenvalue weighted by molar-refractivity contribution is 6.09. The molecule has 0 fully saturated rings. The number of rotatable bonds is 1. The van der Waals surface area contributed by atoms with E-state index in [1.807, 2.05) is 43.3 Å². The third-order valence-electron chi connectivity index (χ3n) is 3.57. The van der Waals surface area contributed by atoms with E-state index in [0.717, 1.165) is 38.9 Å². The van der Waals surface area contributed by atoms with E-state index in [4.69, 9.17) is 4.42 Å². The second-order valence-electron chi connectivity index (χ2n) is 4.94. The summed E-state index contributed by atoms with van der Waals surface area (Å²) in [6.07, 6.45) is 0. The topological polar surface area (TPSA) is 26.0 Å². The molecule has 0 spiro atoms. The number of hydrogen-bond donors (Lipinski definition) is 0. The van der Waals surface area contributed by atoms with Crippen molar-refractivity contribution in [2.75, 3.05) is 0 Å². The van der Waals surface area contributed by atoms with E-state index >= 15 is 0 Å². The number of furan rings is 1. The molecule has 0 saturated carbocycles. The average Bonchev–Trinajstić information content (AvgIpc) is 2.86. The molecule has 0 saturated heterocycles. The Kier molecular flexibility index (Phi) is 2.36. The van der Waals surface area contributed by atoms with Crippen molar-refractivity contribution in [2.24, 2.45) is 0 Å². The molecule has 0 aliphatic carbocycles. The van der Waals surface area contributed by atoms with Crippen molar-refractivity contribution in [2.45, 2.75) is 6.92 Å². The molecule has 0 atom stereocenters. The Morgan fingerprint density at radius 3 is 2.50 bits per heavy atom. The first-order valence-electron chi connectivity index (χ1n) is 6.67. The Balaban J connectivity index is 2.10. The largest absolute Gasteiger partial charge is 0.455 e. The van der Waals surface area contributed by atoms with Crippen LogP contribution >= 0.6 is 0 Å². The molecule has 0 aliphatic heterocycles. The van der Waals surface area contributed by atoms with Crippen LogP contribution in [0.5, 0.6) is 0 Å². The Morgan fingerprint density at radius 1 is 0.800 bits per heavy atom. The molecule has 96 valence electrons. The standard InChI is InChI=1S/C18H13NO/c1-12-6-4-10-16(19-12)15-9-5-8-14-13-7-2-3-11-17(13)20-18(14)15/h2-11H,1H3. The van der Waals surface area contributed by atoms with E-state index in [1.165, 1.54) is 0 Å². The summed E-state index contributed by atoms with van der Waals surface area (Å²) in [7, 11) is 0. The fraction of sp³-hybridized carbons (Fsp3) is 0.0556. The second-order valence-corrected chi connectivity index (χ2v) is 4.94. The smallest absolute Gasteiger partial charge is 0.144 e. The molecular formula is C18H13NO. The van der Waals surface area contributed by atoms with Gasteiger partial charge >= 0.3 is 0 Å². The molecule has 20 heavy (non-hydrogen) atoms. The van der Waals surface area contributed by atoms with Gasteiger partial charge in [0.25, 0.3) is 0 Å². The first-order valence-corrected chi connectivity index (χ1v) is 6.67. The van der Waals surface area contributed by atoms with Gasteiger partial charge in [0.15, 0.2) is 0 Å². The molecule has 2 heteroatoms. The fourth-order valence-corrected chi connectivity index (χ4v) is 2.64. The highest BCUT2D eigenvalue weighted by Gasteiger charge is 2.12. The molecule has 0 N–H and O–H groups in total. The Morgan fingerprint density at radius 2 is 1.60 bits per heavy atom. The number of pyridine rings is 1. The monoisotopic (exact) mass is 259 g/mol. The highest BCUT2D eigenvalue weighted by Crippen LogP contribution is 2.34.